The lowest BCUT2D eigenvalue weighted by Gasteiger charge is -2.22. The predicted octanol–water partition coefficient (Wildman–Crippen LogP) is 3.14. The summed E-state index contributed by atoms with van der Waals surface area (Å²) in [6.45, 7) is 0.459. The van der Waals surface area contributed by atoms with E-state index in [0.717, 1.165) is 0 Å². The van der Waals surface area contributed by atoms with Gasteiger partial charge in [0.05, 0.1) is 6.42 Å². The van der Waals surface area contributed by atoms with Crippen LogP contribution < -0.4 is 0 Å². The first-order valence-corrected chi connectivity index (χ1v) is 3.33. The van der Waals surface area contributed by atoms with Crippen LogP contribution in [0.15, 0.2) is 12.7 Å². The van der Waals surface area contributed by atoms with Gasteiger partial charge in [-0.05, 0) is 0 Å². The standard InChI is InChI=1S/C7H8F6/c1-2-5(9)7(12,13)3-6(10,11)4-8/h2,5H,1,3-4H2. The zero-order valence-electron chi connectivity index (χ0n) is 6.54. The Hall–Kier alpha value is -0.680. The maximum absolute atomic E-state index is 12.4. The van der Waals surface area contributed by atoms with Crippen molar-refractivity contribution in [2.24, 2.45) is 0 Å². The molecule has 0 fully saturated rings. The van der Waals surface area contributed by atoms with Gasteiger partial charge in [0.2, 0.25) is 0 Å². The van der Waals surface area contributed by atoms with Crippen molar-refractivity contribution in [2.75, 3.05) is 6.67 Å². The number of hydrogen-bond acceptors (Lipinski definition) is 0. The fraction of sp³-hybridized carbons (Fsp3) is 0.714. The molecule has 6 heteroatoms. The summed E-state index contributed by atoms with van der Waals surface area (Å²) < 4.78 is 72.7. The van der Waals surface area contributed by atoms with Crippen molar-refractivity contribution in [3.63, 3.8) is 0 Å². The summed E-state index contributed by atoms with van der Waals surface area (Å²) in [7, 11) is 0. The van der Waals surface area contributed by atoms with Crippen LogP contribution in [0.4, 0.5) is 26.3 Å². The maximum Gasteiger partial charge on any atom is 0.288 e. The number of rotatable bonds is 5. The molecular formula is C7H8F6. The minimum atomic E-state index is -4.28. The van der Waals surface area contributed by atoms with E-state index in [9.17, 15) is 26.3 Å². The topological polar surface area (TPSA) is 0 Å². The number of hydrogen-bond donors (Lipinski definition) is 0. The lowest BCUT2D eigenvalue weighted by atomic mass is 10.1. The van der Waals surface area contributed by atoms with E-state index in [2.05, 4.69) is 6.58 Å². The molecule has 0 N–H and O–H groups in total. The average Bonchev–Trinajstić information content (AvgIpc) is 2.01. The van der Waals surface area contributed by atoms with E-state index in [1.807, 2.05) is 0 Å². The normalized spacial score (nSPS) is 15.5. The fourth-order valence-corrected chi connectivity index (χ4v) is 0.662. The van der Waals surface area contributed by atoms with E-state index in [0.29, 0.717) is 0 Å². The molecule has 0 bridgehead atoms. The molecule has 0 spiro atoms. The average molecular weight is 206 g/mol. The zero-order valence-corrected chi connectivity index (χ0v) is 6.54. The summed E-state index contributed by atoms with van der Waals surface area (Å²) in [5.74, 6) is -8.48. The molecule has 0 aliphatic heterocycles. The van der Waals surface area contributed by atoms with Gasteiger partial charge in [-0.25, -0.2) is 26.3 Å². The lowest BCUT2D eigenvalue weighted by Crippen LogP contribution is -2.37. The highest BCUT2D eigenvalue weighted by atomic mass is 19.3. The van der Waals surface area contributed by atoms with Gasteiger partial charge in [0.15, 0.2) is 12.8 Å². The molecule has 0 aromatic carbocycles. The van der Waals surface area contributed by atoms with Crippen molar-refractivity contribution < 1.29 is 26.3 Å². The summed E-state index contributed by atoms with van der Waals surface area (Å²) in [5, 5.41) is 0. The molecule has 0 aromatic rings. The van der Waals surface area contributed by atoms with Crippen LogP contribution in [-0.4, -0.2) is 24.7 Å². The predicted molar refractivity (Wildman–Crippen MR) is 35.6 cm³/mol. The molecule has 0 nitrogen and oxygen atoms in total. The zero-order chi connectivity index (χ0) is 10.7. The van der Waals surface area contributed by atoms with Gasteiger partial charge in [-0.15, -0.1) is 0 Å². The molecule has 0 aromatic heterocycles. The first kappa shape index (κ1) is 12.3. The molecule has 1 unspecified atom stereocenters. The van der Waals surface area contributed by atoms with Gasteiger partial charge in [0.1, 0.15) is 0 Å². The summed E-state index contributed by atoms with van der Waals surface area (Å²) in [4.78, 5) is 0. The Bertz CT molecular complexity index is 176. The van der Waals surface area contributed by atoms with Crippen molar-refractivity contribution in [3.8, 4) is 0 Å². The molecule has 0 saturated heterocycles. The highest BCUT2D eigenvalue weighted by molar-refractivity contribution is 4.93. The molecule has 0 saturated carbocycles. The first-order chi connectivity index (χ1) is 5.75. The lowest BCUT2D eigenvalue weighted by molar-refractivity contribution is -0.141. The Morgan fingerprint density at radius 3 is 2.00 bits per heavy atom. The van der Waals surface area contributed by atoms with Gasteiger partial charge in [-0.3, -0.25) is 0 Å². The van der Waals surface area contributed by atoms with Gasteiger partial charge in [-0.2, -0.15) is 0 Å². The van der Waals surface area contributed by atoms with Gasteiger partial charge in [-0.1, -0.05) is 12.7 Å². The molecular weight excluding hydrogens is 198 g/mol. The van der Waals surface area contributed by atoms with Gasteiger partial charge < -0.3 is 0 Å². The Morgan fingerprint density at radius 2 is 1.69 bits per heavy atom. The third kappa shape index (κ3) is 3.69. The summed E-state index contributed by atoms with van der Waals surface area (Å²) >= 11 is 0. The smallest absolute Gasteiger partial charge is 0.244 e. The van der Waals surface area contributed by atoms with Gasteiger partial charge >= 0.3 is 0 Å². The second-order valence-electron chi connectivity index (χ2n) is 2.56. The second-order valence-corrected chi connectivity index (χ2v) is 2.56. The molecule has 0 aliphatic carbocycles. The van der Waals surface area contributed by atoms with Gasteiger partial charge in [0.25, 0.3) is 11.8 Å². The molecule has 0 rings (SSSR count). The van der Waals surface area contributed by atoms with E-state index in [4.69, 9.17) is 0 Å². The second kappa shape index (κ2) is 4.02. The van der Waals surface area contributed by atoms with Crippen LogP contribution in [0.2, 0.25) is 0 Å². The first-order valence-electron chi connectivity index (χ1n) is 3.33. The maximum atomic E-state index is 12.4. The molecule has 0 heterocycles. The van der Waals surface area contributed by atoms with Crippen molar-refractivity contribution in [1.82, 2.24) is 0 Å². The Balaban J connectivity index is 4.40. The fourth-order valence-electron chi connectivity index (χ4n) is 0.662. The Morgan fingerprint density at radius 1 is 1.23 bits per heavy atom. The number of halogens is 6. The van der Waals surface area contributed by atoms with Gasteiger partial charge in [0, 0.05) is 0 Å². The number of allylic oxidation sites excluding steroid dienone is 1. The van der Waals surface area contributed by atoms with E-state index in [1.54, 1.807) is 0 Å². The molecule has 1 atom stereocenters. The minimum Gasteiger partial charge on any atom is -0.244 e. The molecule has 0 aliphatic rings. The summed E-state index contributed by atoms with van der Waals surface area (Å²) in [6.07, 6.45) is -4.83. The van der Waals surface area contributed by atoms with Crippen molar-refractivity contribution in [3.05, 3.63) is 12.7 Å². The van der Waals surface area contributed by atoms with E-state index >= 15 is 0 Å². The highest BCUT2D eigenvalue weighted by Gasteiger charge is 2.48. The van der Waals surface area contributed by atoms with Crippen LogP contribution >= 0.6 is 0 Å². The third-order valence-corrected chi connectivity index (χ3v) is 1.30. The molecule has 0 amide bonds. The van der Waals surface area contributed by atoms with Crippen LogP contribution in [0.3, 0.4) is 0 Å². The minimum absolute atomic E-state index is 0.203. The molecule has 0 radical (unpaired) electrons. The molecule has 78 valence electrons. The quantitative estimate of drug-likeness (QED) is 0.478. The van der Waals surface area contributed by atoms with Crippen molar-refractivity contribution in [2.45, 2.75) is 24.4 Å². The molecule has 13 heavy (non-hydrogen) atoms. The van der Waals surface area contributed by atoms with Crippen LogP contribution in [0.1, 0.15) is 6.42 Å². The van der Waals surface area contributed by atoms with Crippen LogP contribution in [-0.2, 0) is 0 Å². The van der Waals surface area contributed by atoms with Crippen LogP contribution in [0, 0.1) is 0 Å². The van der Waals surface area contributed by atoms with Crippen LogP contribution in [0.25, 0.3) is 0 Å². The van der Waals surface area contributed by atoms with E-state index < -0.39 is 31.1 Å². The van der Waals surface area contributed by atoms with Crippen molar-refractivity contribution in [1.29, 1.82) is 0 Å². The third-order valence-electron chi connectivity index (χ3n) is 1.30. The monoisotopic (exact) mass is 206 g/mol. The SMILES string of the molecule is C=CC(F)C(F)(F)CC(F)(F)CF. The Labute approximate surface area is 71.2 Å². The van der Waals surface area contributed by atoms with E-state index in [-0.39, 0.29) is 6.08 Å². The number of alkyl halides is 6. The largest absolute Gasteiger partial charge is 0.288 e. The highest BCUT2D eigenvalue weighted by Crippen LogP contribution is 2.34. The van der Waals surface area contributed by atoms with Crippen molar-refractivity contribution >= 4 is 0 Å². The Kier molecular flexibility index (Phi) is 3.81. The van der Waals surface area contributed by atoms with E-state index in [1.165, 1.54) is 0 Å². The summed E-state index contributed by atoms with van der Waals surface area (Å²) in [6, 6.07) is 0. The summed E-state index contributed by atoms with van der Waals surface area (Å²) in [5.41, 5.74) is 0. The van der Waals surface area contributed by atoms with Crippen LogP contribution in [0.5, 0.6) is 0 Å².